The van der Waals surface area contributed by atoms with Gasteiger partial charge in [0.1, 0.15) is 0 Å². The van der Waals surface area contributed by atoms with Crippen molar-refractivity contribution >= 4 is 29.2 Å². The van der Waals surface area contributed by atoms with Gasteiger partial charge in [0.2, 0.25) is 0 Å². The number of urea groups is 1. The molecule has 0 spiro atoms. The van der Waals surface area contributed by atoms with Crippen LogP contribution in [0, 0.1) is 0 Å². The van der Waals surface area contributed by atoms with Gasteiger partial charge >= 0.3 is 6.03 Å². The smallest absolute Gasteiger partial charge is 0.323 e. The van der Waals surface area contributed by atoms with Crippen molar-refractivity contribution in [2.75, 3.05) is 16.9 Å². The predicted molar refractivity (Wildman–Crippen MR) is 121 cm³/mol. The zero-order chi connectivity index (χ0) is 20.2. The van der Waals surface area contributed by atoms with Gasteiger partial charge in [-0.25, -0.2) is 4.79 Å². The van der Waals surface area contributed by atoms with E-state index in [9.17, 15) is 9.90 Å². The fourth-order valence-electron chi connectivity index (χ4n) is 3.73. The van der Waals surface area contributed by atoms with Crippen LogP contribution in [0.4, 0.5) is 16.2 Å². The monoisotopic (exact) mass is 404 g/mol. The molecule has 0 saturated heterocycles. The molecule has 3 aromatic carbocycles. The first-order valence-corrected chi connectivity index (χ1v) is 11.0. The molecule has 0 aromatic heterocycles. The molecular formula is C24H24N2O2S. The lowest BCUT2D eigenvalue weighted by atomic mass is 9.88. The number of benzene rings is 3. The Balaban J connectivity index is 1.48. The molecule has 3 N–H and O–H groups in total. The van der Waals surface area contributed by atoms with Crippen LogP contribution in [0.5, 0.6) is 0 Å². The summed E-state index contributed by atoms with van der Waals surface area (Å²) in [6, 6.07) is 21.8. The van der Waals surface area contributed by atoms with Gasteiger partial charge in [0.05, 0.1) is 6.10 Å². The maximum Gasteiger partial charge on any atom is 0.323 e. The number of anilines is 2. The van der Waals surface area contributed by atoms with Crippen LogP contribution in [0.25, 0.3) is 11.1 Å². The van der Waals surface area contributed by atoms with E-state index in [1.165, 1.54) is 10.5 Å². The summed E-state index contributed by atoms with van der Waals surface area (Å²) in [7, 11) is 0. The molecular weight excluding hydrogens is 380 g/mol. The number of nitrogens with one attached hydrogen (secondary N) is 2. The maximum absolute atomic E-state index is 12.6. The van der Waals surface area contributed by atoms with E-state index in [-0.39, 0.29) is 12.1 Å². The van der Waals surface area contributed by atoms with Crippen LogP contribution < -0.4 is 10.6 Å². The lowest BCUT2D eigenvalue weighted by Crippen LogP contribution is -2.24. The van der Waals surface area contributed by atoms with E-state index < -0.39 is 0 Å². The average Bonchev–Trinajstić information content (AvgIpc) is 2.74. The van der Waals surface area contributed by atoms with Crippen molar-refractivity contribution in [3.63, 3.8) is 0 Å². The number of aliphatic hydroxyl groups excluding tert-OH is 1. The van der Waals surface area contributed by atoms with Gasteiger partial charge in [0.15, 0.2) is 0 Å². The van der Waals surface area contributed by atoms with Crippen LogP contribution >= 0.6 is 11.8 Å². The number of thioether (sulfide) groups is 1. The molecule has 29 heavy (non-hydrogen) atoms. The Morgan fingerprint density at radius 1 is 1.00 bits per heavy atom. The normalized spacial score (nSPS) is 15.4. The van der Waals surface area contributed by atoms with Gasteiger partial charge in [-0.05, 0) is 71.7 Å². The molecule has 1 atom stereocenters. The first-order valence-electron chi connectivity index (χ1n) is 9.74. The van der Waals surface area contributed by atoms with Crippen molar-refractivity contribution in [1.82, 2.24) is 0 Å². The zero-order valence-corrected chi connectivity index (χ0v) is 17.1. The highest BCUT2D eigenvalue weighted by Crippen LogP contribution is 2.29. The number of fused-ring (bicyclic) bond motifs is 1. The number of carbonyl (C=O) groups excluding carboxylic acids is 1. The molecule has 2 amide bonds. The Morgan fingerprint density at radius 2 is 1.79 bits per heavy atom. The van der Waals surface area contributed by atoms with Crippen LogP contribution in [0.3, 0.4) is 0 Å². The highest BCUT2D eigenvalue weighted by molar-refractivity contribution is 7.98. The first-order chi connectivity index (χ1) is 14.1. The Labute approximate surface area is 175 Å². The number of hydrogen-bond acceptors (Lipinski definition) is 3. The van der Waals surface area contributed by atoms with Crippen molar-refractivity contribution in [3.05, 3.63) is 77.9 Å². The van der Waals surface area contributed by atoms with Crippen molar-refractivity contribution < 1.29 is 9.90 Å². The van der Waals surface area contributed by atoms with Gasteiger partial charge in [-0.2, -0.15) is 0 Å². The third-order valence-electron chi connectivity index (χ3n) is 5.25. The Kier molecular flexibility index (Phi) is 5.88. The molecule has 1 unspecified atom stereocenters. The number of hydrogen-bond donors (Lipinski definition) is 3. The molecule has 148 valence electrons. The number of rotatable bonds is 4. The molecule has 0 aliphatic heterocycles. The molecule has 1 aliphatic rings. The van der Waals surface area contributed by atoms with Crippen LogP contribution in [0.1, 0.15) is 17.5 Å². The standard InChI is InChI=1S/C24H24N2O2S/c1-29-21-12-9-16(10-13-21)18-5-2-6-19(14-18)25-24(28)26-23-7-3-4-17-8-11-20(27)15-22(17)23/h2-7,9-10,12-14,20,27H,8,11,15H2,1H3,(H2,25,26,28). The first kappa shape index (κ1) is 19.6. The van der Waals surface area contributed by atoms with E-state index in [1.54, 1.807) is 11.8 Å². The number of aryl methyl sites for hydroxylation is 1. The second-order valence-electron chi connectivity index (χ2n) is 7.23. The van der Waals surface area contributed by atoms with Crippen LogP contribution in [0.15, 0.2) is 71.6 Å². The largest absolute Gasteiger partial charge is 0.393 e. The summed E-state index contributed by atoms with van der Waals surface area (Å²) in [6.45, 7) is 0. The maximum atomic E-state index is 12.6. The van der Waals surface area contributed by atoms with Crippen LogP contribution in [-0.4, -0.2) is 23.5 Å². The second-order valence-corrected chi connectivity index (χ2v) is 8.11. The molecule has 0 fully saturated rings. The highest BCUT2D eigenvalue weighted by Gasteiger charge is 2.20. The van der Waals surface area contributed by atoms with E-state index in [4.69, 9.17) is 0 Å². The number of aliphatic hydroxyl groups is 1. The van der Waals surface area contributed by atoms with Crippen LogP contribution in [-0.2, 0) is 12.8 Å². The minimum absolute atomic E-state index is 0.284. The molecule has 3 aromatic rings. The fourth-order valence-corrected chi connectivity index (χ4v) is 4.14. The molecule has 5 heteroatoms. The Hall–Kier alpha value is -2.76. The molecule has 0 radical (unpaired) electrons. The van der Waals surface area contributed by atoms with Gasteiger partial charge < -0.3 is 15.7 Å². The third kappa shape index (κ3) is 4.63. The Morgan fingerprint density at radius 3 is 2.59 bits per heavy atom. The van der Waals surface area contributed by atoms with Gasteiger partial charge in [-0.1, -0.05) is 36.4 Å². The highest BCUT2D eigenvalue weighted by atomic mass is 32.2. The van der Waals surface area contributed by atoms with Crippen molar-refractivity contribution in [1.29, 1.82) is 0 Å². The van der Waals surface area contributed by atoms with Crippen molar-refractivity contribution in [2.24, 2.45) is 0 Å². The summed E-state index contributed by atoms with van der Waals surface area (Å²) in [4.78, 5) is 13.8. The molecule has 0 heterocycles. The summed E-state index contributed by atoms with van der Waals surface area (Å²) < 4.78 is 0. The summed E-state index contributed by atoms with van der Waals surface area (Å²) in [6.07, 6.45) is 3.90. The minimum Gasteiger partial charge on any atom is -0.393 e. The summed E-state index contributed by atoms with van der Waals surface area (Å²) >= 11 is 1.71. The predicted octanol–water partition coefficient (Wildman–Crippen LogP) is 5.57. The minimum atomic E-state index is -0.345. The lowest BCUT2D eigenvalue weighted by molar-refractivity contribution is 0.159. The molecule has 1 aliphatic carbocycles. The van der Waals surface area contributed by atoms with Gasteiger partial charge in [-0.15, -0.1) is 11.8 Å². The molecule has 4 rings (SSSR count). The lowest BCUT2D eigenvalue weighted by Gasteiger charge is -2.23. The molecule has 4 nitrogen and oxygen atoms in total. The van der Waals surface area contributed by atoms with Gasteiger partial charge in [-0.3, -0.25) is 0 Å². The zero-order valence-electron chi connectivity index (χ0n) is 16.3. The third-order valence-corrected chi connectivity index (χ3v) is 6.00. The summed E-state index contributed by atoms with van der Waals surface area (Å²) in [5, 5.41) is 15.9. The quantitative estimate of drug-likeness (QED) is 0.498. The van der Waals surface area contributed by atoms with E-state index in [0.717, 1.165) is 40.9 Å². The topological polar surface area (TPSA) is 61.4 Å². The van der Waals surface area contributed by atoms with E-state index in [0.29, 0.717) is 6.42 Å². The van der Waals surface area contributed by atoms with Gasteiger partial charge in [0, 0.05) is 22.7 Å². The van der Waals surface area contributed by atoms with Gasteiger partial charge in [0.25, 0.3) is 0 Å². The average molecular weight is 405 g/mol. The number of carbonyl (C=O) groups is 1. The van der Waals surface area contributed by atoms with Crippen molar-refractivity contribution in [2.45, 2.75) is 30.3 Å². The fraction of sp³-hybridized carbons (Fsp3) is 0.208. The SMILES string of the molecule is CSc1ccc(-c2cccc(NC(=O)Nc3cccc4c3CC(O)CC4)c2)cc1. The molecule has 0 bridgehead atoms. The number of amides is 2. The van der Waals surface area contributed by atoms with E-state index in [2.05, 4.69) is 47.2 Å². The van der Waals surface area contributed by atoms with Crippen molar-refractivity contribution in [3.8, 4) is 11.1 Å². The van der Waals surface area contributed by atoms with E-state index >= 15 is 0 Å². The molecule has 0 saturated carbocycles. The summed E-state index contributed by atoms with van der Waals surface area (Å²) in [5.74, 6) is 0. The Bertz CT molecular complexity index is 1020. The summed E-state index contributed by atoms with van der Waals surface area (Å²) in [5.41, 5.74) is 5.89. The second kappa shape index (κ2) is 8.72. The van der Waals surface area contributed by atoms with Crippen LogP contribution in [0.2, 0.25) is 0 Å². The van der Waals surface area contributed by atoms with E-state index in [1.807, 2.05) is 36.4 Å².